The van der Waals surface area contributed by atoms with Crippen molar-refractivity contribution in [3.8, 4) is 56.2 Å². The summed E-state index contributed by atoms with van der Waals surface area (Å²) in [6.07, 6.45) is 0. The Kier molecular flexibility index (Phi) is 8.11. The van der Waals surface area contributed by atoms with Gasteiger partial charge in [-0.1, -0.05) is 206 Å². The molecule has 10 aromatic carbocycles. The third kappa shape index (κ3) is 5.64. The quantitative estimate of drug-likeness (QED) is 0.168. The van der Waals surface area contributed by atoms with Gasteiger partial charge in [-0.15, -0.1) is 0 Å². The maximum atomic E-state index is 5.24. The smallest absolute Gasteiger partial charge is 0.160 e. The molecule has 0 unspecified atom stereocenters. The number of benzene rings is 10. The number of rotatable bonds is 6. The fourth-order valence-electron chi connectivity index (χ4n) is 9.91. The number of fused-ring (bicyclic) bond motifs is 6. The van der Waals surface area contributed by atoms with E-state index in [1.807, 2.05) is 24.3 Å². The van der Waals surface area contributed by atoms with Crippen LogP contribution < -0.4 is 0 Å². The Morgan fingerprint density at radius 2 is 0.787 bits per heavy atom. The molecule has 2 nitrogen and oxygen atoms in total. The highest BCUT2D eigenvalue weighted by atomic mass is 14.9. The van der Waals surface area contributed by atoms with E-state index in [-0.39, 0.29) is 0 Å². The van der Waals surface area contributed by atoms with Crippen molar-refractivity contribution in [3.05, 3.63) is 253 Å². The lowest BCUT2D eigenvalue weighted by molar-refractivity contribution is 0.771. The molecule has 0 aliphatic heterocycles. The fraction of sp³-hybridized carbons (Fsp3) is 0.0169. The molecule has 1 heterocycles. The zero-order valence-electron chi connectivity index (χ0n) is 33.3. The van der Waals surface area contributed by atoms with Gasteiger partial charge < -0.3 is 0 Å². The van der Waals surface area contributed by atoms with Crippen molar-refractivity contribution < 1.29 is 0 Å². The van der Waals surface area contributed by atoms with Crippen LogP contribution in [-0.4, -0.2) is 9.97 Å². The predicted molar refractivity (Wildman–Crippen MR) is 254 cm³/mol. The van der Waals surface area contributed by atoms with Crippen molar-refractivity contribution in [1.29, 1.82) is 0 Å². The van der Waals surface area contributed by atoms with Crippen LogP contribution in [0.1, 0.15) is 22.3 Å². The average Bonchev–Trinajstić information content (AvgIpc) is 3.64. The van der Waals surface area contributed by atoms with Gasteiger partial charge in [0.25, 0.3) is 0 Å². The molecule has 0 spiro atoms. The van der Waals surface area contributed by atoms with Gasteiger partial charge in [-0.05, 0) is 101 Å². The molecular formula is C59H38N2. The SMILES string of the molecule is c1ccc(-c2cc(-c3ccc(-c4ccc5c(c4)C(c4ccc6ccccc6c4)(c4ccc6ccccc6c4)c4ccccc4-5)c4ccccc34)nc(-c3ccccc3)n2)cc1. The molecule has 12 rings (SSSR count). The van der Waals surface area contributed by atoms with E-state index in [1.165, 1.54) is 71.4 Å². The molecule has 11 aromatic rings. The molecule has 0 N–H and O–H groups in total. The summed E-state index contributed by atoms with van der Waals surface area (Å²) in [5.74, 6) is 0.710. The molecule has 1 aromatic heterocycles. The van der Waals surface area contributed by atoms with Gasteiger partial charge in [0.05, 0.1) is 16.8 Å². The summed E-state index contributed by atoms with van der Waals surface area (Å²) in [6.45, 7) is 0. The Hall–Kier alpha value is -7.94. The average molecular weight is 775 g/mol. The van der Waals surface area contributed by atoms with Gasteiger partial charge in [0.15, 0.2) is 5.82 Å². The largest absolute Gasteiger partial charge is 0.228 e. The van der Waals surface area contributed by atoms with Gasteiger partial charge in [-0.2, -0.15) is 0 Å². The highest BCUT2D eigenvalue weighted by Crippen LogP contribution is 2.57. The molecule has 0 radical (unpaired) electrons. The Morgan fingerprint density at radius 3 is 1.48 bits per heavy atom. The van der Waals surface area contributed by atoms with Crippen LogP contribution in [0.4, 0.5) is 0 Å². The van der Waals surface area contributed by atoms with E-state index < -0.39 is 5.41 Å². The molecule has 1 aliphatic carbocycles. The summed E-state index contributed by atoms with van der Waals surface area (Å²) < 4.78 is 0. The number of hydrogen-bond acceptors (Lipinski definition) is 2. The minimum absolute atomic E-state index is 0.561. The van der Waals surface area contributed by atoms with Crippen LogP contribution in [0.25, 0.3) is 88.5 Å². The zero-order valence-corrected chi connectivity index (χ0v) is 33.3. The van der Waals surface area contributed by atoms with Gasteiger partial charge in [0, 0.05) is 16.7 Å². The second-order valence-corrected chi connectivity index (χ2v) is 16.1. The van der Waals surface area contributed by atoms with Crippen molar-refractivity contribution in [2.45, 2.75) is 5.41 Å². The monoisotopic (exact) mass is 774 g/mol. The second-order valence-electron chi connectivity index (χ2n) is 16.1. The lowest BCUT2D eigenvalue weighted by atomic mass is 9.67. The molecular weight excluding hydrogens is 737 g/mol. The van der Waals surface area contributed by atoms with E-state index in [1.54, 1.807) is 0 Å². The van der Waals surface area contributed by atoms with Gasteiger partial charge >= 0.3 is 0 Å². The zero-order chi connectivity index (χ0) is 40.3. The maximum Gasteiger partial charge on any atom is 0.160 e. The number of hydrogen-bond donors (Lipinski definition) is 0. The van der Waals surface area contributed by atoms with E-state index in [9.17, 15) is 0 Å². The molecule has 2 heteroatoms. The van der Waals surface area contributed by atoms with E-state index in [2.05, 4.69) is 206 Å². The van der Waals surface area contributed by atoms with Crippen LogP contribution in [0.3, 0.4) is 0 Å². The lowest BCUT2D eigenvalue weighted by Gasteiger charge is -2.34. The van der Waals surface area contributed by atoms with Gasteiger partial charge in [-0.25, -0.2) is 9.97 Å². The molecule has 1 aliphatic rings. The van der Waals surface area contributed by atoms with E-state index >= 15 is 0 Å². The van der Waals surface area contributed by atoms with E-state index in [0.717, 1.165) is 33.5 Å². The minimum Gasteiger partial charge on any atom is -0.228 e. The van der Waals surface area contributed by atoms with Crippen LogP contribution in [0.5, 0.6) is 0 Å². The van der Waals surface area contributed by atoms with Crippen LogP contribution in [0.15, 0.2) is 231 Å². The first-order valence-corrected chi connectivity index (χ1v) is 21.0. The van der Waals surface area contributed by atoms with Crippen molar-refractivity contribution >= 4 is 32.3 Å². The van der Waals surface area contributed by atoms with Crippen LogP contribution in [-0.2, 0) is 5.41 Å². The fourth-order valence-corrected chi connectivity index (χ4v) is 9.91. The molecule has 61 heavy (non-hydrogen) atoms. The van der Waals surface area contributed by atoms with Gasteiger partial charge in [-0.3, -0.25) is 0 Å². The summed E-state index contributed by atoms with van der Waals surface area (Å²) in [4.78, 5) is 10.3. The number of aromatic nitrogens is 2. The molecule has 0 amide bonds. The van der Waals surface area contributed by atoms with Crippen LogP contribution >= 0.6 is 0 Å². The highest BCUT2D eigenvalue weighted by Gasteiger charge is 2.46. The first-order valence-electron chi connectivity index (χ1n) is 21.0. The number of nitrogens with zero attached hydrogens (tertiary/aromatic N) is 2. The molecule has 284 valence electrons. The second kappa shape index (κ2) is 14.1. The van der Waals surface area contributed by atoms with E-state index in [0.29, 0.717) is 5.82 Å². The Morgan fingerprint density at radius 1 is 0.279 bits per heavy atom. The maximum absolute atomic E-state index is 5.24. The summed E-state index contributed by atoms with van der Waals surface area (Å²) in [5.41, 5.74) is 14.4. The van der Waals surface area contributed by atoms with Gasteiger partial charge in [0.1, 0.15) is 0 Å². The first-order chi connectivity index (χ1) is 30.2. The summed E-state index contributed by atoms with van der Waals surface area (Å²) in [5, 5.41) is 7.28. The molecule has 0 bridgehead atoms. The van der Waals surface area contributed by atoms with Crippen molar-refractivity contribution in [1.82, 2.24) is 9.97 Å². The van der Waals surface area contributed by atoms with E-state index in [4.69, 9.17) is 9.97 Å². The van der Waals surface area contributed by atoms with Crippen molar-refractivity contribution in [3.63, 3.8) is 0 Å². The molecule has 0 fully saturated rings. The minimum atomic E-state index is -0.561. The molecule has 0 saturated heterocycles. The molecule has 0 saturated carbocycles. The van der Waals surface area contributed by atoms with Crippen molar-refractivity contribution in [2.75, 3.05) is 0 Å². The third-order valence-electron chi connectivity index (χ3n) is 12.7. The summed E-state index contributed by atoms with van der Waals surface area (Å²) in [6, 6.07) is 83.9. The third-order valence-corrected chi connectivity index (χ3v) is 12.7. The van der Waals surface area contributed by atoms with Crippen molar-refractivity contribution in [2.24, 2.45) is 0 Å². The normalized spacial score (nSPS) is 12.7. The summed E-state index contributed by atoms with van der Waals surface area (Å²) in [7, 11) is 0. The predicted octanol–water partition coefficient (Wildman–Crippen LogP) is 15.0. The van der Waals surface area contributed by atoms with Crippen LogP contribution in [0.2, 0.25) is 0 Å². The molecule has 0 atom stereocenters. The van der Waals surface area contributed by atoms with Gasteiger partial charge in [0.2, 0.25) is 0 Å². The lowest BCUT2D eigenvalue weighted by Crippen LogP contribution is -2.28. The topological polar surface area (TPSA) is 25.8 Å². The Balaban J connectivity index is 1.09. The Bertz CT molecular complexity index is 3340. The summed E-state index contributed by atoms with van der Waals surface area (Å²) >= 11 is 0. The first kappa shape index (κ1) is 35.0. The van der Waals surface area contributed by atoms with Crippen LogP contribution in [0, 0.1) is 0 Å². The Labute approximate surface area is 355 Å². The highest BCUT2D eigenvalue weighted by molar-refractivity contribution is 6.05. The standard InChI is InChI=1S/C59H38N2/c1-3-17-41(18-4-1)56-38-57(61-58(60-56)42-19-5-2-6-20-42)53-34-33-48(49-23-11-12-24-50(49)53)45-29-32-52-51-25-13-14-26-54(51)59(55(52)37-45,46-30-27-39-15-7-9-21-43(39)35-46)47-31-28-40-16-8-10-22-44(40)36-47/h1-38H.